The number of nitrogens with one attached hydrogen (secondary N) is 2. The third-order valence-electron chi connectivity index (χ3n) is 5.30. The lowest BCUT2D eigenvalue weighted by Crippen LogP contribution is -2.26. The average molecular weight is 407 g/mol. The predicted octanol–water partition coefficient (Wildman–Crippen LogP) is 3.00. The standard InChI is InChI=1S/C22H25N5O3/c23-18-10-14(4-9-17(18)19(24)12-28)26-22-25-11-13-2-1-3-20(21(13)27-22)30-16-7-5-15(29)6-8-16/h1-4,9-11,15-16,24,28-29H,5-8,12,23H2,(H,25,26,27). The monoisotopic (exact) mass is 407 g/mol. The van der Waals surface area contributed by atoms with Crippen LogP contribution in [0.3, 0.4) is 0 Å². The number of rotatable bonds is 6. The topological polar surface area (TPSA) is 137 Å². The summed E-state index contributed by atoms with van der Waals surface area (Å²) in [5.41, 5.74) is 8.36. The fourth-order valence-corrected chi connectivity index (χ4v) is 3.66. The molecule has 8 heteroatoms. The summed E-state index contributed by atoms with van der Waals surface area (Å²) in [5.74, 6) is 1.10. The molecule has 0 radical (unpaired) electrons. The molecule has 0 aliphatic heterocycles. The molecule has 1 saturated carbocycles. The van der Waals surface area contributed by atoms with Crippen LogP contribution in [0.25, 0.3) is 10.9 Å². The summed E-state index contributed by atoms with van der Waals surface area (Å²) in [5, 5.41) is 30.6. The van der Waals surface area contributed by atoms with E-state index < -0.39 is 0 Å². The number of aliphatic hydroxyl groups excluding tert-OH is 2. The van der Waals surface area contributed by atoms with Crippen molar-refractivity contribution in [2.75, 3.05) is 17.7 Å². The minimum absolute atomic E-state index is 0.0676. The molecule has 30 heavy (non-hydrogen) atoms. The van der Waals surface area contributed by atoms with Crippen LogP contribution in [0.2, 0.25) is 0 Å². The second-order valence-corrected chi connectivity index (χ2v) is 7.50. The van der Waals surface area contributed by atoms with Crippen LogP contribution in [-0.2, 0) is 0 Å². The number of aromatic nitrogens is 2. The van der Waals surface area contributed by atoms with Gasteiger partial charge in [-0.1, -0.05) is 12.1 Å². The fourth-order valence-electron chi connectivity index (χ4n) is 3.66. The molecule has 2 aromatic carbocycles. The van der Waals surface area contributed by atoms with Crippen molar-refractivity contribution in [3.63, 3.8) is 0 Å². The van der Waals surface area contributed by atoms with E-state index in [1.807, 2.05) is 18.2 Å². The van der Waals surface area contributed by atoms with Crippen molar-refractivity contribution in [3.8, 4) is 5.75 Å². The van der Waals surface area contributed by atoms with Crippen LogP contribution < -0.4 is 15.8 Å². The summed E-state index contributed by atoms with van der Waals surface area (Å²) >= 11 is 0. The van der Waals surface area contributed by atoms with Crippen LogP contribution in [0, 0.1) is 5.41 Å². The number of para-hydroxylation sites is 1. The number of nitrogens with two attached hydrogens (primary N) is 1. The predicted molar refractivity (Wildman–Crippen MR) is 116 cm³/mol. The largest absolute Gasteiger partial charge is 0.488 e. The second-order valence-electron chi connectivity index (χ2n) is 7.50. The maximum absolute atomic E-state index is 9.70. The van der Waals surface area contributed by atoms with Crippen molar-refractivity contribution in [3.05, 3.63) is 48.2 Å². The third kappa shape index (κ3) is 4.34. The Labute approximate surface area is 174 Å². The molecule has 1 aliphatic rings. The lowest BCUT2D eigenvalue weighted by Gasteiger charge is -2.26. The van der Waals surface area contributed by atoms with Crippen molar-refractivity contribution in [1.82, 2.24) is 9.97 Å². The van der Waals surface area contributed by atoms with Crippen LogP contribution in [0.15, 0.2) is 42.6 Å². The number of nitrogen functional groups attached to an aromatic ring is 1. The Morgan fingerprint density at radius 1 is 1.20 bits per heavy atom. The van der Waals surface area contributed by atoms with Crippen molar-refractivity contribution >= 4 is 33.9 Å². The summed E-state index contributed by atoms with van der Waals surface area (Å²) < 4.78 is 6.20. The van der Waals surface area contributed by atoms with Crippen LogP contribution in [0.4, 0.5) is 17.3 Å². The zero-order valence-electron chi connectivity index (χ0n) is 16.5. The van der Waals surface area contributed by atoms with Gasteiger partial charge in [-0.05, 0) is 49.9 Å². The van der Waals surface area contributed by atoms with E-state index in [1.165, 1.54) is 0 Å². The first-order valence-electron chi connectivity index (χ1n) is 9.99. The van der Waals surface area contributed by atoms with Gasteiger partial charge in [-0.25, -0.2) is 9.97 Å². The Bertz CT molecular complexity index is 1060. The van der Waals surface area contributed by atoms with Gasteiger partial charge in [0.2, 0.25) is 5.95 Å². The van der Waals surface area contributed by atoms with Gasteiger partial charge in [-0.2, -0.15) is 0 Å². The Morgan fingerprint density at radius 3 is 2.73 bits per heavy atom. The van der Waals surface area contributed by atoms with Crippen molar-refractivity contribution in [2.24, 2.45) is 0 Å². The van der Waals surface area contributed by atoms with Gasteiger partial charge >= 0.3 is 0 Å². The lowest BCUT2D eigenvalue weighted by atomic mass is 9.95. The number of anilines is 3. The number of ether oxygens (including phenoxy) is 1. The first-order chi connectivity index (χ1) is 14.5. The molecular weight excluding hydrogens is 382 g/mol. The fraction of sp³-hybridized carbons (Fsp3) is 0.318. The van der Waals surface area contributed by atoms with Gasteiger partial charge in [0, 0.05) is 28.5 Å². The molecule has 6 N–H and O–H groups in total. The summed E-state index contributed by atoms with van der Waals surface area (Å²) in [6.45, 7) is -0.368. The van der Waals surface area contributed by atoms with E-state index in [-0.39, 0.29) is 24.5 Å². The van der Waals surface area contributed by atoms with E-state index in [0.717, 1.165) is 31.1 Å². The van der Waals surface area contributed by atoms with Crippen molar-refractivity contribution in [1.29, 1.82) is 5.41 Å². The molecule has 1 heterocycles. The molecule has 0 atom stereocenters. The summed E-state index contributed by atoms with van der Waals surface area (Å²) in [6, 6.07) is 10.9. The molecule has 156 valence electrons. The van der Waals surface area contributed by atoms with Crippen molar-refractivity contribution in [2.45, 2.75) is 37.9 Å². The van der Waals surface area contributed by atoms with Crippen LogP contribution >= 0.6 is 0 Å². The summed E-state index contributed by atoms with van der Waals surface area (Å²) in [7, 11) is 0. The highest BCUT2D eigenvalue weighted by molar-refractivity contribution is 6.03. The third-order valence-corrected chi connectivity index (χ3v) is 5.30. The minimum Gasteiger partial charge on any atom is -0.488 e. The molecule has 3 aromatic rings. The molecule has 0 spiro atoms. The SMILES string of the molecule is N=C(CO)c1ccc(Nc2ncc3cccc(OC4CCC(O)CC4)c3n2)cc1N. The maximum atomic E-state index is 9.70. The van der Waals surface area contributed by atoms with Gasteiger partial charge in [0.1, 0.15) is 11.3 Å². The summed E-state index contributed by atoms with van der Waals surface area (Å²) in [4.78, 5) is 9.00. The quantitative estimate of drug-likeness (QED) is 0.313. The molecule has 0 saturated heterocycles. The highest BCUT2D eigenvalue weighted by Crippen LogP contribution is 2.30. The second kappa shape index (κ2) is 8.64. The highest BCUT2D eigenvalue weighted by atomic mass is 16.5. The number of hydrogen-bond donors (Lipinski definition) is 5. The molecule has 0 unspecified atom stereocenters. The van der Waals surface area contributed by atoms with Gasteiger partial charge in [-0.15, -0.1) is 0 Å². The lowest BCUT2D eigenvalue weighted by molar-refractivity contribution is 0.0672. The van der Waals surface area contributed by atoms with E-state index in [1.54, 1.807) is 24.4 Å². The molecule has 1 fully saturated rings. The highest BCUT2D eigenvalue weighted by Gasteiger charge is 2.21. The molecule has 1 aliphatic carbocycles. The first kappa shape index (κ1) is 20.1. The average Bonchev–Trinajstić information content (AvgIpc) is 2.75. The Hall–Kier alpha value is -3.23. The van der Waals surface area contributed by atoms with Crippen LogP contribution in [0.5, 0.6) is 5.75 Å². The van der Waals surface area contributed by atoms with Crippen LogP contribution in [-0.4, -0.2) is 44.7 Å². The summed E-state index contributed by atoms with van der Waals surface area (Å²) in [6.07, 6.45) is 4.73. The zero-order valence-corrected chi connectivity index (χ0v) is 16.5. The Balaban J connectivity index is 1.57. The Morgan fingerprint density at radius 2 is 2.00 bits per heavy atom. The van der Waals surface area contributed by atoms with Gasteiger partial charge in [0.25, 0.3) is 0 Å². The molecule has 0 bridgehead atoms. The van der Waals surface area contributed by atoms with E-state index in [9.17, 15) is 5.11 Å². The van der Waals surface area contributed by atoms with Crippen molar-refractivity contribution < 1.29 is 14.9 Å². The van der Waals surface area contributed by atoms with Crippen LogP contribution in [0.1, 0.15) is 31.2 Å². The van der Waals surface area contributed by atoms with E-state index >= 15 is 0 Å². The minimum atomic E-state index is -0.368. The molecular formula is C22H25N5O3. The molecule has 8 nitrogen and oxygen atoms in total. The smallest absolute Gasteiger partial charge is 0.227 e. The first-order valence-corrected chi connectivity index (χ1v) is 9.99. The normalized spacial score (nSPS) is 18.9. The number of fused-ring (bicyclic) bond motifs is 1. The molecule has 1 aromatic heterocycles. The zero-order chi connectivity index (χ0) is 21.1. The number of nitrogens with zero attached hydrogens (tertiary/aromatic N) is 2. The molecule has 0 amide bonds. The van der Waals surface area contributed by atoms with E-state index in [4.69, 9.17) is 21.0 Å². The maximum Gasteiger partial charge on any atom is 0.227 e. The van der Waals surface area contributed by atoms with Gasteiger partial charge < -0.3 is 31.4 Å². The number of aliphatic hydroxyl groups is 2. The Kier molecular flexibility index (Phi) is 5.78. The number of benzene rings is 2. The van der Waals surface area contributed by atoms with Gasteiger partial charge in [0.05, 0.1) is 24.5 Å². The van der Waals surface area contributed by atoms with E-state index in [0.29, 0.717) is 34.2 Å². The number of hydrogen-bond acceptors (Lipinski definition) is 8. The molecule has 4 rings (SSSR count). The van der Waals surface area contributed by atoms with Gasteiger partial charge in [-0.3, -0.25) is 0 Å². The van der Waals surface area contributed by atoms with E-state index in [2.05, 4.69) is 15.3 Å². The van der Waals surface area contributed by atoms with Gasteiger partial charge in [0.15, 0.2) is 0 Å².